The van der Waals surface area contributed by atoms with E-state index in [1.54, 1.807) is 0 Å². The molecule has 1 N–H and O–H groups in total. The van der Waals surface area contributed by atoms with Crippen molar-refractivity contribution in [2.75, 3.05) is 7.11 Å². The van der Waals surface area contributed by atoms with E-state index in [-0.39, 0.29) is 0 Å². The summed E-state index contributed by atoms with van der Waals surface area (Å²) in [5.41, 5.74) is 0. The van der Waals surface area contributed by atoms with Gasteiger partial charge in [-0.15, -0.1) is 11.6 Å². The number of aliphatic hydroxyl groups is 1. The zero-order valence-electron chi connectivity index (χ0n) is 5.11. The average molecular weight is 125 g/mol. The number of aliphatic hydroxyl groups excluding tert-OH is 1. The first-order chi connectivity index (χ1) is 3.27. The Labute approximate surface area is 50.3 Å². The number of alkyl halides is 1. The van der Waals surface area contributed by atoms with E-state index >= 15 is 0 Å². The molecule has 2 heteroatoms. The van der Waals surface area contributed by atoms with Gasteiger partial charge in [0.15, 0.2) is 0 Å². The molecule has 0 spiro atoms. The van der Waals surface area contributed by atoms with Gasteiger partial charge in [-0.25, -0.2) is 0 Å². The van der Waals surface area contributed by atoms with Crippen molar-refractivity contribution in [1.29, 1.82) is 0 Å². The zero-order chi connectivity index (χ0) is 6.28. The number of hydrogen-bond acceptors (Lipinski definition) is 1. The monoisotopic (exact) mass is 124 g/mol. The minimum atomic E-state index is 0.356. The third-order valence-corrected chi connectivity index (χ3v) is 0.871. The molecule has 0 bridgehead atoms. The van der Waals surface area contributed by atoms with Crippen LogP contribution >= 0.6 is 11.6 Å². The summed E-state index contributed by atoms with van der Waals surface area (Å²) in [7, 11) is 1.00. The Kier molecular flexibility index (Phi) is 14.0. The first kappa shape index (κ1) is 10.3. The predicted octanol–water partition coefficient (Wildman–Crippen LogP) is 1.63. The van der Waals surface area contributed by atoms with Crippen molar-refractivity contribution in [3.8, 4) is 0 Å². The van der Waals surface area contributed by atoms with Crippen LogP contribution in [0.1, 0.15) is 20.3 Å². The fourth-order valence-electron chi connectivity index (χ4n) is 0. The molecule has 0 fully saturated rings. The lowest BCUT2D eigenvalue weighted by Gasteiger charge is -1.87. The van der Waals surface area contributed by atoms with Crippen molar-refractivity contribution in [2.24, 2.45) is 0 Å². The summed E-state index contributed by atoms with van der Waals surface area (Å²) in [5.74, 6) is 0. The van der Waals surface area contributed by atoms with Gasteiger partial charge in [-0.2, -0.15) is 0 Å². The Morgan fingerprint density at radius 1 is 1.57 bits per heavy atom. The minimum absolute atomic E-state index is 0.356. The largest absolute Gasteiger partial charge is 0.400 e. The topological polar surface area (TPSA) is 20.2 Å². The molecule has 0 saturated heterocycles. The van der Waals surface area contributed by atoms with Crippen LogP contribution in [0.5, 0.6) is 0 Å². The van der Waals surface area contributed by atoms with Crippen molar-refractivity contribution in [2.45, 2.75) is 25.6 Å². The highest BCUT2D eigenvalue weighted by molar-refractivity contribution is 6.20. The smallest absolute Gasteiger partial charge is 0.0319 e. The van der Waals surface area contributed by atoms with Crippen LogP contribution in [0.25, 0.3) is 0 Å². The Morgan fingerprint density at radius 2 is 1.71 bits per heavy atom. The van der Waals surface area contributed by atoms with Gasteiger partial charge in [0, 0.05) is 12.5 Å². The Balaban J connectivity index is 0. The Morgan fingerprint density at radius 3 is 1.71 bits per heavy atom. The standard InChI is InChI=1S/C4H9Cl.CH4O/c1-3-4(2)5;1-2/h4H,3H2,1-2H3;2H,1H3. The minimum Gasteiger partial charge on any atom is -0.400 e. The highest BCUT2D eigenvalue weighted by Crippen LogP contribution is 1.95. The van der Waals surface area contributed by atoms with E-state index in [0.29, 0.717) is 5.38 Å². The Hall–Kier alpha value is 0.250. The van der Waals surface area contributed by atoms with Crippen molar-refractivity contribution in [3.63, 3.8) is 0 Å². The summed E-state index contributed by atoms with van der Waals surface area (Å²) in [6, 6.07) is 0. The maximum atomic E-state index is 7.00. The van der Waals surface area contributed by atoms with Crippen molar-refractivity contribution >= 4 is 11.6 Å². The SMILES string of the molecule is CCC(C)Cl.CO. The van der Waals surface area contributed by atoms with Crippen LogP contribution in [0.2, 0.25) is 0 Å². The van der Waals surface area contributed by atoms with Crippen LogP contribution in [-0.4, -0.2) is 17.6 Å². The van der Waals surface area contributed by atoms with Gasteiger partial charge >= 0.3 is 0 Å². The van der Waals surface area contributed by atoms with E-state index in [9.17, 15) is 0 Å². The summed E-state index contributed by atoms with van der Waals surface area (Å²) < 4.78 is 0. The molecule has 0 rings (SSSR count). The molecule has 0 aliphatic heterocycles. The second kappa shape index (κ2) is 9.54. The fraction of sp³-hybridized carbons (Fsp3) is 1.00. The zero-order valence-corrected chi connectivity index (χ0v) is 5.87. The molecule has 0 aliphatic rings. The third kappa shape index (κ3) is 22.3. The summed E-state index contributed by atoms with van der Waals surface area (Å²) >= 11 is 5.46. The predicted molar refractivity (Wildman–Crippen MR) is 33.7 cm³/mol. The molecule has 0 aromatic heterocycles. The van der Waals surface area contributed by atoms with E-state index in [4.69, 9.17) is 16.7 Å². The quantitative estimate of drug-likeness (QED) is 0.527. The van der Waals surface area contributed by atoms with Crippen LogP contribution in [0.15, 0.2) is 0 Å². The van der Waals surface area contributed by atoms with Crippen molar-refractivity contribution < 1.29 is 5.11 Å². The van der Waals surface area contributed by atoms with E-state index < -0.39 is 0 Å². The normalized spacial score (nSPS) is 11.6. The number of halogens is 1. The molecule has 0 amide bonds. The molecule has 0 radical (unpaired) electrons. The highest BCUT2D eigenvalue weighted by atomic mass is 35.5. The molecular formula is C5H13ClO. The first-order valence-corrected chi connectivity index (χ1v) is 2.79. The third-order valence-electron chi connectivity index (χ3n) is 0.563. The lowest BCUT2D eigenvalue weighted by Crippen LogP contribution is -1.81. The molecule has 7 heavy (non-hydrogen) atoms. The van der Waals surface area contributed by atoms with E-state index in [0.717, 1.165) is 13.5 Å². The van der Waals surface area contributed by atoms with Gasteiger partial charge < -0.3 is 5.11 Å². The van der Waals surface area contributed by atoms with E-state index in [2.05, 4.69) is 6.92 Å². The molecule has 0 saturated carbocycles. The number of hydrogen-bond donors (Lipinski definition) is 1. The van der Waals surface area contributed by atoms with Crippen LogP contribution in [0.4, 0.5) is 0 Å². The fourth-order valence-corrected chi connectivity index (χ4v) is 0. The first-order valence-electron chi connectivity index (χ1n) is 2.36. The average Bonchev–Trinajstić information content (AvgIpc) is 1.73. The second-order valence-electron chi connectivity index (χ2n) is 1.19. The van der Waals surface area contributed by atoms with Gasteiger partial charge in [-0.3, -0.25) is 0 Å². The maximum absolute atomic E-state index is 7.00. The molecule has 1 unspecified atom stereocenters. The molecule has 1 nitrogen and oxygen atoms in total. The molecular weight excluding hydrogens is 112 g/mol. The van der Waals surface area contributed by atoms with Gasteiger partial charge in [0.05, 0.1) is 0 Å². The van der Waals surface area contributed by atoms with E-state index in [1.807, 2.05) is 6.92 Å². The van der Waals surface area contributed by atoms with Crippen LogP contribution in [0, 0.1) is 0 Å². The van der Waals surface area contributed by atoms with Gasteiger partial charge in [0.2, 0.25) is 0 Å². The Bertz CT molecular complexity index is 22.0. The summed E-state index contributed by atoms with van der Waals surface area (Å²) in [6.45, 7) is 4.05. The molecule has 0 aromatic rings. The molecule has 0 aliphatic carbocycles. The molecule has 46 valence electrons. The molecule has 1 atom stereocenters. The van der Waals surface area contributed by atoms with Gasteiger partial charge in [-0.1, -0.05) is 6.92 Å². The lowest BCUT2D eigenvalue weighted by molar-refractivity contribution is 0.399. The van der Waals surface area contributed by atoms with Crippen LogP contribution < -0.4 is 0 Å². The van der Waals surface area contributed by atoms with Crippen molar-refractivity contribution in [1.82, 2.24) is 0 Å². The van der Waals surface area contributed by atoms with Crippen LogP contribution in [-0.2, 0) is 0 Å². The molecule has 0 aromatic carbocycles. The summed E-state index contributed by atoms with van der Waals surface area (Å²) in [5, 5.41) is 7.36. The highest BCUT2D eigenvalue weighted by Gasteiger charge is 1.83. The van der Waals surface area contributed by atoms with E-state index in [1.165, 1.54) is 0 Å². The van der Waals surface area contributed by atoms with Gasteiger partial charge in [0.25, 0.3) is 0 Å². The summed E-state index contributed by atoms with van der Waals surface area (Å²) in [6.07, 6.45) is 1.07. The van der Waals surface area contributed by atoms with Crippen LogP contribution in [0.3, 0.4) is 0 Å². The van der Waals surface area contributed by atoms with Gasteiger partial charge in [-0.05, 0) is 13.3 Å². The number of rotatable bonds is 1. The maximum Gasteiger partial charge on any atom is 0.0319 e. The van der Waals surface area contributed by atoms with Crippen molar-refractivity contribution in [3.05, 3.63) is 0 Å². The lowest BCUT2D eigenvalue weighted by atomic mass is 10.4. The second-order valence-corrected chi connectivity index (χ2v) is 1.93. The van der Waals surface area contributed by atoms with Gasteiger partial charge in [0.1, 0.15) is 0 Å². The molecule has 0 heterocycles. The summed E-state index contributed by atoms with van der Waals surface area (Å²) in [4.78, 5) is 0.